The Kier molecular flexibility index (Phi) is 5.90. The van der Waals surface area contributed by atoms with Crippen LogP contribution in [0.3, 0.4) is 0 Å². The van der Waals surface area contributed by atoms with E-state index in [2.05, 4.69) is 0 Å². The summed E-state index contributed by atoms with van der Waals surface area (Å²) in [5, 5.41) is 18.0. The molecule has 0 saturated heterocycles. The average molecular weight is 336 g/mol. The summed E-state index contributed by atoms with van der Waals surface area (Å²) in [7, 11) is 0. The maximum Gasteiger partial charge on any atom is 0.331 e. The zero-order chi connectivity index (χ0) is 18.4. The zero-order valence-electron chi connectivity index (χ0n) is 14.2. The lowest BCUT2D eigenvalue weighted by atomic mass is 9.97. The van der Waals surface area contributed by atoms with Gasteiger partial charge in [-0.25, -0.2) is 9.59 Å². The highest BCUT2D eigenvalue weighted by Crippen LogP contribution is 2.18. The van der Waals surface area contributed by atoms with Crippen LogP contribution in [-0.2, 0) is 16.0 Å². The monoisotopic (exact) mass is 336 g/mol. The molecule has 0 spiro atoms. The Hall–Kier alpha value is -3.14. The van der Waals surface area contributed by atoms with Crippen molar-refractivity contribution in [2.75, 3.05) is 0 Å². The van der Waals surface area contributed by atoms with Gasteiger partial charge in [-0.15, -0.1) is 0 Å². The topological polar surface area (TPSA) is 74.6 Å². The van der Waals surface area contributed by atoms with Crippen molar-refractivity contribution in [3.8, 4) is 0 Å². The molecule has 0 radical (unpaired) electrons. The lowest BCUT2D eigenvalue weighted by Crippen LogP contribution is -1.98. The standard InChI is InChI=1S/C21H20O4/c1-14(20(22)23)11-16-7-9-17(10-8-16)13-19-6-4-3-5-18(19)12-15(2)21(24)25/h3-12H,13H2,1-2H3,(H,22,23)(H,24,25)/b14-11+,15-12+. The number of carboxylic acid groups (broad SMARTS) is 2. The number of hydrogen-bond acceptors (Lipinski definition) is 2. The molecule has 2 rings (SSSR count). The Morgan fingerprint density at radius 1 is 0.840 bits per heavy atom. The van der Waals surface area contributed by atoms with Gasteiger partial charge in [0.2, 0.25) is 0 Å². The highest BCUT2D eigenvalue weighted by atomic mass is 16.4. The Morgan fingerprint density at radius 3 is 2.00 bits per heavy atom. The van der Waals surface area contributed by atoms with Crippen LogP contribution in [0.5, 0.6) is 0 Å². The summed E-state index contributed by atoms with van der Waals surface area (Å²) in [6.45, 7) is 3.13. The van der Waals surface area contributed by atoms with Gasteiger partial charge >= 0.3 is 11.9 Å². The van der Waals surface area contributed by atoms with E-state index >= 15 is 0 Å². The van der Waals surface area contributed by atoms with E-state index < -0.39 is 11.9 Å². The van der Waals surface area contributed by atoms with Crippen molar-refractivity contribution >= 4 is 24.1 Å². The van der Waals surface area contributed by atoms with Gasteiger partial charge in [-0.05, 0) is 54.7 Å². The summed E-state index contributed by atoms with van der Waals surface area (Å²) in [5.41, 5.74) is 4.39. The van der Waals surface area contributed by atoms with E-state index in [1.54, 1.807) is 26.0 Å². The average Bonchev–Trinajstić information content (AvgIpc) is 2.58. The third-order valence-electron chi connectivity index (χ3n) is 3.86. The Bertz CT molecular complexity index is 842. The van der Waals surface area contributed by atoms with Gasteiger partial charge in [0.05, 0.1) is 0 Å². The molecule has 0 atom stereocenters. The number of hydrogen-bond donors (Lipinski definition) is 2. The molecule has 4 heteroatoms. The molecule has 0 aliphatic heterocycles. The van der Waals surface area contributed by atoms with E-state index in [1.807, 2.05) is 48.5 Å². The van der Waals surface area contributed by atoms with Crippen molar-refractivity contribution in [1.82, 2.24) is 0 Å². The molecule has 0 amide bonds. The number of aliphatic carboxylic acids is 2. The van der Waals surface area contributed by atoms with E-state index in [9.17, 15) is 9.59 Å². The molecule has 0 bridgehead atoms. The lowest BCUT2D eigenvalue weighted by molar-refractivity contribution is -0.133. The summed E-state index contributed by atoms with van der Waals surface area (Å²) in [5.74, 6) is -1.86. The van der Waals surface area contributed by atoms with Crippen LogP contribution < -0.4 is 0 Å². The van der Waals surface area contributed by atoms with Crippen molar-refractivity contribution in [2.24, 2.45) is 0 Å². The molecule has 0 aliphatic carbocycles. The second kappa shape index (κ2) is 8.11. The van der Waals surface area contributed by atoms with Crippen LogP contribution in [0.1, 0.15) is 36.1 Å². The fraction of sp³-hybridized carbons (Fsp3) is 0.143. The summed E-state index contributed by atoms with van der Waals surface area (Å²) in [6.07, 6.45) is 3.96. The highest BCUT2D eigenvalue weighted by molar-refractivity contribution is 5.92. The fourth-order valence-corrected chi connectivity index (χ4v) is 2.39. The van der Waals surface area contributed by atoms with Crippen LogP contribution in [0.25, 0.3) is 12.2 Å². The molecule has 4 nitrogen and oxygen atoms in total. The SMILES string of the molecule is C/C(=C\c1ccc(Cc2ccccc2/C=C(\C)C(=O)O)cc1)C(=O)O. The van der Waals surface area contributed by atoms with E-state index in [4.69, 9.17) is 10.2 Å². The molecule has 25 heavy (non-hydrogen) atoms. The minimum absolute atomic E-state index is 0.285. The van der Waals surface area contributed by atoms with E-state index in [0.29, 0.717) is 6.42 Å². The molecule has 128 valence electrons. The largest absolute Gasteiger partial charge is 0.478 e. The Labute approximate surface area is 146 Å². The molecule has 2 aromatic rings. The molecule has 0 heterocycles. The highest BCUT2D eigenvalue weighted by Gasteiger charge is 2.05. The molecule has 2 N–H and O–H groups in total. The normalized spacial score (nSPS) is 12.1. The predicted molar refractivity (Wildman–Crippen MR) is 98.3 cm³/mol. The number of rotatable bonds is 6. The third-order valence-corrected chi connectivity index (χ3v) is 3.86. The first-order valence-corrected chi connectivity index (χ1v) is 7.87. The van der Waals surface area contributed by atoms with E-state index in [1.165, 1.54) is 0 Å². The minimum Gasteiger partial charge on any atom is -0.478 e. The summed E-state index contributed by atoms with van der Waals surface area (Å²) in [4.78, 5) is 21.9. The van der Waals surface area contributed by atoms with Gasteiger partial charge in [-0.3, -0.25) is 0 Å². The zero-order valence-corrected chi connectivity index (χ0v) is 14.2. The first kappa shape index (κ1) is 18.2. The van der Waals surface area contributed by atoms with Gasteiger partial charge in [0, 0.05) is 11.1 Å². The predicted octanol–water partition coefficient (Wildman–Crippen LogP) is 4.25. The molecule has 0 saturated carbocycles. The molecule has 0 aliphatic rings. The quantitative estimate of drug-likeness (QED) is 0.773. The second-order valence-electron chi connectivity index (χ2n) is 5.88. The van der Waals surface area contributed by atoms with E-state index in [0.717, 1.165) is 22.3 Å². The van der Waals surface area contributed by atoms with E-state index in [-0.39, 0.29) is 11.1 Å². The van der Waals surface area contributed by atoms with Crippen LogP contribution in [0.15, 0.2) is 59.7 Å². The lowest BCUT2D eigenvalue weighted by Gasteiger charge is -2.08. The molecule has 0 fully saturated rings. The molecule has 2 aromatic carbocycles. The van der Waals surface area contributed by atoms with Gasteiger partial charge in [0.25, 0.3) is 0 Å². The number of carbonyl (C=O) groups is 2. The van der Waals surface area contributed by atoms with Crippen LogP contribution in [-0.4, -0.2) is 22.2 Å². The van der Waals surface area contributed by atoms with Crippen molar-refractivity contribution in [3.63, 3.8) is 0 Å². The second-order valence-corrected chi connectivity index (χ2v) is 5.88. The van der Waals surface area contributed by atoms with Gasteiger partial charge in [0.15, 0.2) is 0 Å². The van der Waals surface area contributed by atoms with Gasteiger partial charge in [-0.2, -0.15) is 0 Å². The Balaban J connectivity index is 2.24. The fourth-order valence-electron chi connectivity index (χ4n) is 2.39. The molecular formula is C21H20O4. The minimum atomic E-state index is -0.932. The smallest absolute Gasteiger partial charge is 0.331 e. The van der Waals surface area contributed by atoms with Crippen LogP contribution in [0, 0.1) is 0 Å². The molecule has 0 aromatic heterocycles. The van der Waals surface area contributed by atoms with Crippen LogP contribution >= 0.6 is 0 Å². The van der Waals surface area contributed by atoms with Gasteiger partial charge < -0.3 is 10.2 Å². The maximum atomic E-state index is 11.0. The van der Waals surface area contributed by atoms with Crippen LogP contribution in [0.2, 0.25) is 0 Å². The van der Waals surface area contributed by atoms with Crippen molar-refractivity contribution in [1.29, 1.82) is 0 Å². The summed E-state index contributed by atoms with van der Waals surface area (Å²) in [6, 6.07) is 15.3. The first-order chi connectivity index (χ1) is 11.9. The first-order valence-electron chi connectivity index (χ1n) is 7.87. The number of carboxylic acids is 2. The Morgan fingerprint density at radius 2 is 1.40 bits per heavy atom. The van der Waals surface area contributed by atoms with Gasteiger partial charge in [0.1, 0.15) is 0 Å². The summed E-state index contributed by atoms with van der Waals surface area (Å²) >= 11 is 0. The molecular weight excluding hydrogens is 316 g/mol. The number of benzene rings is 2. The van der Waals surface area contributed by atoms with Crippen molar-refractivity contribution in [2.45, 2.75) is 20.3 Å². The third kappa shape index (κ3) is 5.18. The van der Waals surface area contributed by atoms with Crippen molar-refractivity contribution in [3.05, 3.63) is 81.9 Å². The van der Waals surface area contributed by atoms with Crippen molar-refractivity contribution < 1.29 is 19.8 Å². The van der Waals surface area contributed by atoms with Gasteiger partial charge in [-0.1, -0.05) is 48.5 Å². The molecule has 0 unspecified atom stereocenters. The summed E-state index contributed by atoms with van der Waals surface area (Å²) < 4.78 is 0. The maximum absolute atomic E-state index is 11.0. The van der Waals surface area contributed by atoms with Crippen LogP contribution in [0.4, 0.5) is 0 Å².